The molecular weight excluding hydrogens is 374 g/mol. The van der Waals surface area contributed by atoms with E-state index in [1.54, 1.807) is 30.3 Å². The topological polar surface area (TPSA) is 102 Å². The second kappa shape index (κ2) is 8.05. The largest absolute Gasteiger partial charge is 0.497 e. The average Bonchev–Trinajstić information content (AvgIpc) is 2.70. The summed E-state index contributed by atoms with van der Waals surface area (Å²) in [6.07, 6.45) is 1.10. The molecule has 2 N–H and O–H groups in total. The van der Waals surface area contributed by atoms with E-state index in [9.17, 15) is 14.4 Å². The van der Waals surface area contributed by atoms with Gasteiger partial charge in [0.15, 0.2) is 0 Å². The maximum absolute atomic E-state index is 12.9. The smallest absolute Gasteiger partial charge is 0.333 e. The summed E-state index contributed by atoms with van der Waals surface area (Å²) in [4.78, 5) is 40.4. The van der Waals surface area contributed by atoms with Crippen LogP contribution in [0.2, 0.25) is 0 Å². The van der Waals surface area contributed by atoms with E-state index in [4.69, 9.17) is 9.47 Å². The molecule has 0 saturated carbocycles. The first-order chi connectivity index (χ1) is 13.8. The number of aryl methyl sites for hydroxylation is 2. The normalized spacial score (nSPS) is 10.5. The number of carbonyl (C=O) groups is 1. The molecule has 3 aromatic rings. The van der Waals surface area contributed by atoms with E-state index >= 15 is 0 Å². The highest BCUT2D eigenvalue weighted by atomic mass is 16.5. The quantitative estimate of drug-likeness (QED) is 0.691. The van der Waals surface area contributed by atoms with Gasteiger partial charge in [0.1, 0.15) is 17.1 Å². The van der Waals surface area contributed by atoms with Gasteiger partial charge in [-0.25, -0.2) is 9.36 Å². The summed E-state index contributed by atoms with van der Waals surface area (Å²) in [5.74, 6) is 0.255. The minimum Gasteiger partial charge on any atom is -0.497 e. The van der Waals surface area contributed by atoms with Crippen LogP contribution in [0.5, 0.6) is 11.5 Å². The summed E-state index contributed by atoms with van der Waals surface area (Å²) in [7, 11) is 2.97. The number of hydrogen-bond donors (Lipinski definition) is 2. The Balaban J connectivity index is 2.02. The highest BCUT2D eigenvalue weighted by Gasteiger charge is 2.18. The number of rotatable bonds is 5. The van der Waals surface area contributed by atoms with Crippen LogP contribution in [0.1, 0.15) is 21.5 Å². The maximum atomic E-state index is 12.9. The van der Waals surface area contributed by atoms with Crippen LogP contribution in [0.15, 0.2) is 52.2 Å². The fourth-order valence-electron chi connectivity index (χ4n) is 2.83. The number of H-pyrrole nitrogens is 1. The molecule has 1 heterocycles. The number of methoxy groups -OCH3 is 2. The van der Waals surface area contributed by atoms with E-state index in [0.29, 0.717) is 22.9 Å². The highest BCUT2D eigenvalue weighted by molar-refractivity contribution is 6.04. The van der Waals surface area contributed by atoms with Crippen LogP contribution in [-0.2, 0) is 0 Å². The van der Waals surface area contributed by atoms with Crippen molar-refractivity contribution in [1.29, 1.82) is 0 Å². The fourth-order valence-corrected chi connectivity index (χ4v) is 2.83. The van der Waals surface area contributed by atoms with Crippen molar-refractivity contribution in [2.45, 2.75) is 13.8 Å². The van der Waals surface area contributed by atoms with Gasteiger partial charge in [0.2, 0.25) is 0 Å². The Morgan fingerprint density at radius 2 is 1.76 bits per heavy atom. The van der Waals surface area contributed by atoms with Gasteiger partial charge >= 0.3 is 5.69 Å². The van der Waals surface area contributed by atoms with Crippen molar-refractivity contribution in [2.75, 3.05) is 19.5 Å². The molecule has 1 amide bonds. The number of amides is 1. The van der Waals surface area contributed by atoms with Gasteiger partial charge < -0.3 is 19.8 Å². The third-order valence-corrected chi connectivity index (χ3v) is 4.63. The second-order valence-corrected chi connectivity index (χ2v) is 6.44. The van der Waals surface area contributed by atoms with Crippen molar-refractivity contribution in [1.82, 2.24) is 9.55 Å². The Labute approximate surface area is 166 Å². The molecule has 2 aromatic carbocycles. The van der Waals surface area contributed by atoms with Crippen LogP contribution in [0.3, 0.4) is 0 Å². The molecule has 0 bridgehead atoms. The van der Waals surface area contributed by atoms with Crippen molar-refractivity contribution in [3.63, 3.8) is 0 Å². The number of anilines is 1. The Bertz CT molecular complexity index is 1190. The molecule has 150 valence electrons. The Hall–Kier alpha value is -3.81. The van der Waals surface area contributed by atoms with Crippen molar-refractivity contribution >= 4 is 11.6 Å². The molecule has 8 nitrogen and oxygen atoms in total. The molecule has 8 heteroatoms. The van der Waals surface area contributed by atoms with Gasteiger partial charge in [0.25, 0.3) is 11.5 Å². The molecule has 0 radical (unpaired) electrons. The Kier molecular flexibility index (Phi) is 5.54. The van der Waals surface area contributed by atoms with E-state index in [-0.39, 0.29) is 5.56 Å². The van der Waals surface area contributed by atoms with Crippen LogP contribution in [0, 0.1) is 13.8 Å². The van der Waals surface area contributed by atoms with Crippen LogP contribution in [0.4, 0.5) is 5.69 Å². The van der Waals surface area contributed by atoms with Crippen LogP contribution < -0.4 is 26.0 Å². The van der Waals surface area contributed by atoms with Crippen LogP contribution >= 0.6 is 0 Å². The van der Waals surface area contributed by atoms with Gasteiger partial charge in [-0.05, 0) is 49.2 Å². The summed E-state index contributed by atoms with van der Waals surface area (Å²) < 4.78 is 11.3. The number of aromatic nitrogens is 2. The van der Waals surface area contributed by atoms with E-state index in [1.807, 2.05) is 19.9 Å². The minimum atomic E-state index is -0.720. The zero-order valence-corrected chi connectivity index (χ0v) is 16.5. The fraction of sp³-hybridized carbons (Fsp3) is 0.190. The molecule has 0 saturated heterocycles. The van der Waals surface area contributed by atoms with Crippen molar-refractivity contribution in [3.05, 3.63) is 80.1 Å². The number of aromatic amines is 1. The number of hydrogen-bond acceptors (Lipinski definition) is 5. The first-order valence-electron chi connectivity index (χ1n) is 8.81. The molecule has 1 aromatic heterocycles. The summed E-state index contributed by atoms with van der Waals surface area (Å²) >= 11 is 0. The maximum Gasteiger partial charge on any atom is 0.333 e. The Morgan fingerprint density at radius 3 is 2.41 bits per heavy atom. The number of carbonyl (C=O) groups excluding carboxylic acids is 1. The Morgan fingerprint density at radius 1 is 1.00 bits per heavy atom. The predicted octanol–water partition coefficient (Wildman–Crippen LogP) is 2.41. The van der Waals surface area contributed by atoms with E-state index in [1.165, 1.54) is 14.2 Å². The lowest BCUT2D eigenvalue weighted by Gasteiger charge is -2.12. The second-order valence-electron chi connectivity index (χ2n) is 6.44. The third kappa shape index (κ3) is 3.91. The zero-order chi connectivity index (χ0) is 21.1. The number of benzene rings is 2. The molecule has 0 aliphatic carbocycles. The zero-order valence-electron chi connectivity index (χ0n) is 16.5. The predicted molar refractivity (Wildman–Crippen MR) is 110 cm³/mol. The van der Waals surface area contributed by atoms with Crippen molar-refractivity contribution < 1.29 is 14.3 Å². The molecule has 0 unspecified atom stereocenters. The number of nitrogens with zero attached hydrogens (tertiary/aromatic N) is 1. The molecule has 29 heavy (non-hydrogen) atoms. The van der Waals surface area contributed by atoms with Crippen molar-refractivity contribution in [3.8, 4) is 17.2 Å². The highest BCUT2D eigenvalue weighted by Crippen LogP contribution is 2.29. The van der Waals surface area contributed by atoms with Crippen molar-refractivity contribution in [2.24, 2.45) is 0 Å². The lowest BCUT2D eigenvalue weighted by molar-refractivity contribution is 0.102. The van der Waals surface area contributed by atoms with E-state index in [0.717, 1.165) is 21.9 Å². The van der Waals surface area contributed by atoms with Gasteiger partial charge in [-0.3, -0.25) is 9.59 Å². The lowest BCUT2D eigenvalue weighted by Crippen LogP contribution is -2.38. The number of nitrogens with one attached hydrogen (secondary N) is 2. The molecule has 0 aliphatic rings. The number of ether oxygens (including phenoxy) is 2. The minimum absolute atomic E-state index is 0.208. The molecule has 3 rings (SSSR count). The third-order valence-electron chi connectivity index (χ3n) is 4.63. The van der Waals surface area contributed by atoms with Gasteiger partial charge in [-0.15, -0.1) is 0 Å². The summed E-state index contributed by atoms with van der Waals surface area (Å²) in [6.45, 7) is 3.81. The lowest BCUT2D eigenvalue weighted by atomic mass is 10.1. The molecule has 0 atom stereocenters. The van der Waals surface area contributed by atoms with Gasteiger partial charge in [0, 0.05) is 12.3 Å². The standard InChI is InChI=1S/C21H21N3O5/c1-12-5-6-14(9-13(12)2)24-20(26)16(11-22-21(24)27)19(25)23-17-8-7-15(28-3)10-18(17)29-4/h5-11H,1-4H3,(H,22,27)(H,23,25). The summed E-state index contributed by atoms with van der Waals surface area (Å²) in [6, 6.07) is 10.1. The first-order valence-corrected chi connectivity index (χ1v) is 8.81. The van der Waals surface area contributed by atoms with Gasteiger partial charge in [-0.2, -0.15) is 0 Å². The van der Waals surface area contributed by atoms with Crippen LogP contribution in [-0.4, -0.2) is 29.7 Å². The summed E-state index contributed by atoms with van der Waals surface area (Å²) in [5.41, 5.74) is 1.14. The summed E-state index contributed by atoms with van der Waals surface area (Å²) in [5, 5.41) is 2.63. The van der Waals surface area contributed by atoms with Gasteiger partial charge in [0.05, 0.1) is 25.6 Å². The molecular formula is C21H21N3O5. The van der Waals surface area contributed by atoms with E-state index < -0.39 is 17.2 Å². The average molecular weight is 395 g/mol. The monoisotopic (exact) mass is 395 g/mol. The SMILES string of the molecule is COc1ccc(NC(=O)c2c[nH]c(=O)n(-c3ccc(C)c(C)c3)c2=O)c(OC)c1. The molecule has 0 fully saturated rings. The molecule has 0 spiro atoms. The molecule has 0 aliphatic heterocycles. The van der Waals surface area contributed by atoms with Gasteiger partial charge in [-0.1, -0.05) is 6.07 Å². The van der Waals surface area contributed by atoms with E-state index in [2.05, 4.69) is 10.3 Å². The first kappa shape index (κ1) is 19.9. The van der Waals surface area contributed by atoms with Crippen LogP contribution in [0.25, 0.3) is 5.69 Å².